The normalized spacial score (nSPS) is 20.9. The van der Waals surface area contributed by atoms with Crippen molar-refractivity contribution in [3.05, 3.63) is 35.1 Å². The van der Waals surface area contributed by atoms with Gasteiger partial charge in [0.2, 0.25) is 0 Å². The van der Waals surface area contributed by atoms with E-state index in [-0.39, 0.29) is 13.2 Å². The molecular formula is C15H22BNO4. The van der Waals surface area contributed by atoms with Crippen molar-refractivity contribution >= 4 is 13.2 Å². The lowest BCUT2D eigenvalue weighted by molar-refractivity contribution is 0.00578. The molecule has 2 rings (SSSR count). The summed E-state index contributed by atoms with van der Waals surface area (Å²) in [5, 5.41) is 18.8. The molecule has 0 spiro atoms. The Balaban J connectivity index is 2.26. The highest BCUT2D eigenvalue weighted by atomic mass is 16.7. The molecule has 2 N–H and O–H groups in total. The van der Waals surface area contributed by atoms with Crippen LogP contribution < -0.4 is 0 Å². The van der Waals surface area contributed by atoms with Crippen LogP contribution in [0.25, 0.3) is 6.08 Å². The van der Waals surface area contributed by atoms with Gasteiger partial charge in [-0.2, -0.15) is 0 Å². The number of hydrogen-bond acceptors (Lipinski definition) is 5. The molecular weight excluding hydrogens is 269 g/mol. The van der Waals surface area contributed by atoms with E-state index in [0.717, 1.165) is 11.1 Å². The molecule has 1 saturated heterocycles. The van der Waals surface area contributed by atoms with Crippen LogP contribution in [0, 0.1) is 0 Å². The molecule has 0 aliphatic carbocycles. The van der Waals surface area contributed by atoms with Gasteiger partial charge < -0.3 is 19.5 Å². The van der Waals surface area contributed by atoms with Gasteiger partial charge in [-0.25, -0.2) is 0 Å². The topological polar surface area (TPSA) is 71.8 Å². The molecule has 2 heterocycles. The second-order valence-electron chi connectivity index (χ2n) is 6.25. The average Bonchev–Trinajstić information content (AvgIpc) is 2.65. The number of aliphatic hydroxyl groups is 2. The lowest BCUT2D eigenvalue weighted by Gasteiger charge is -2.32. The first-order chi connectivity index (χ1) is 9.79. The quantitative estimate of drug-likeness (QED) is 0.824. The second-order valence-corrected chi connectivity index (χ2v) is 6.25. The van der Waals surface area contributed by atoms with E-state index in [9.17, 15) is 5.11 Å². The van der Waals surface area contributed by atoms with Crippen LogP contribution in [0.4, 0.5) is 0 Å². The number of hydrogen-bond donors (Lipinski definition) is 2. The van der Waals surface area contributed by atoms with Crippen LogP contribution in [-0.4, -0.2) is 40.1 Å². The van der Waals surface area contributed by atoms with Gasteiger partial charge >= 0.3 is 7.12 Å². The first-order valence-corrected chi connectivity index (χ1v) is 7.01. The summed E-state index contributed by atoms with van der Waals surface area (Å²) in [5.41, 5.74) is 1.25. The fourth-order valence-corrected chi connectivity index (χ4v) is 2.07. The number of aromatic nitrogens is 1. The van der Waals surface area contributed by atoms with E-state index in [1.807, 2.05) is 33.8 Å². The fourth-order valence-electron chi connectivity index (χ4n) is 2.07. The first-order valence-electron chi connectivity index (χ1n) is 7.01. The number of nitrogens with zero attached hydrogens (tertiary/aromatic N) is 1. The summed E-state index contributed by atoms with van der Waals surface area (Å²) < 4.78 is 11.9. The number of aliphatic hydroxyl groups excluding tert-OH is 2. The highest BCUT2D eigenvalue weighted by Gasteiger charge is 2.52. The van der Waals surface area contributed by atoms with Crippen molar-refractivity contribution in [2.24, 2.45) is 0 Å². The van der Waals surface area contributed by atoms with Gasteiger partial charge in [-0.15, -0.1) is 0 Å². The lowest BCUT2D eigenvalue weighted by Crippen LogP contribution is -2.41. The van der Waals surface area contributed by atoms with Gasteiger partial charge in [0.05, 0.1) is 24.4 Å². The highest BCUT2D eigenvalue weighted by molar-refractivity contribution is 6.55. The molecule has 114 valence electrons. The molecule has 0 unspecified atom stereocenters. The largest absolute Gasteiger partial charge is 0.492 e. The Bertz CT molecular complexity index is 526. The maximum absolute atomic E-state index is 9.62. The zero-order valence-electron chi connectivity index (χ0n) is 13.0. The molecule has 0 bridgehead atoms. The van der Waals surface area contributed by atoms with Gasteiger partial charge in [-0.3, -0.25) is 4.98 Å². The zero-order valence-corrected chi connectivity index (χ0v) is 13.0. The van der Waals surface area contributed by atoms with Crippen LogP contribution in [0.2, 0.25) is 0 Å². The van der Waals surface area contributed by atoms with Crippen molar-refractivity contribution in [2.45, 2.75) is 45.5 Å². The van der Waals surface area contributed by atoms with Crippen LogP contribution in [0.3, 0.4) is 0 Å². The van der Waals surface area contributed by atoms with Crippen LogP contribution in [0.15, 0.2) is 23.9 Å². The van der Waals surface area contributed by atoms with Crippen molar-refractivity contribution in [2.75, 3.05) is 6.61 Å². The Morgan fingerprint density at radius 1 is 1.19 bits per heavy atom. The maximum atomic E-state index is 9.62. The SMILES string of the molecule is CC1(C)OB(C(=Cc2cncc(CO)c2)CO)OC1(C)C. The minimum atomic E-state index is -0.585. The van der Waals surface area contributed by atoms with E-state index < -0.39 is 18.3 Å². The van der Waals surface area contributed by atoms with E-state index in [1.54, 1.807) is 18.5 Å². The summed E-state index contributed by atoms with van der Waals surface area (Å²) in [6, 6.07) is 1.81. The Kier molecular flexibility index (Phi) is 4.53. The predicted molar refractivity (Wildman–Crippen MR) is 81.3 cm³/mol. The molecule has 0 saturated carbocycles. The van der Waals surface area contributed by atoms with E-state index >= 15 is 0 Å². The third-order valence-electron chi connectivity index (χ3n) is 4.09. The van der Waals surface area contributed by atoms with Gasteiger partial charge in [0.25, 0.3) is 0 Å². The molecule has 0 atom stereocenters. The minimum absolute atomic E-state index is 0.0698. The van der Waals surface area contributed by atoms with E-state index in [0.29, 0.717) is 5.47 Å². The molecule has 1 aromatic rings. The van der Waals surface area contributed by atoms with E-state index in [4.69, 9.17) is 14.4 Å². The molecule has 0 aromatic carbocycles. The van der Waals surface area contributed by atoms with Gasteiger partial charge in [0.15, 0.2) is 0 Å². The summed E-state index contributed by atoms with van der Waals surface area (Å²) in [4.78, 5) is 4.06. The maximum Gasteiger partial charge on any atom is 0.492 e. The van der Waals surface area contributed by atoms with Crippen LogP contribution in [0.1, 0.15) is 38.8 Å². The smallest absolute Gasteiger partial charge is 0.400 e. The van der Waals surface area contributed by atoms with Gasteiger partial charge in [-0.05, 0) is 50.4 Å². The van der Waals surface area contributed by atoms with Crippen molar-refractivity contribution in [3.8, 4) is 0 Å². The van der Waals surface area contributed by atoms with Gasteiger partial charge in [0, 0.05) is 12.4 Å². The summed E-state index contributed by atoms with van der Waals surface area (Å²) in [7, 11) is -0.585. The first kappa shape index (κ1) is 16.2. The molecule has 1 fully saturated rings. The Morgan fingerprint density at radius 3 is 2.33 bits per heavy atom. The summed E-state index contributed by atoms with van der Waals surface area (Å²) in [5.74, 6) is 0. The highest BCUT2D eigenvalue weighted by Crippen LogP contribution is 2.38. The van der Waals surface area contributed by atoms with Crippen molar-refractivity contribution < 1.29 is 19.5 Å². The third-order valence-corrected chi connectivity index (χ3v) is 4.09. The molecule has 21 heavy (non-hydrogen) atoms. The second kappa shape index (κ2) is 5.89. The van der Waals surface area contributed by atoms with Crippen molar-refractivity contribution in [3.63, 3.8) is 0 Å². The summed E-state index contributed by atoms with van der Waals surface area (Å²) >= 11 is 0. The Labute approximate surface area is 125 Å². The van der Waals surface area contributed by atoms with Crippen LogP contribution >= 0.6 is 0 Å². The Hall–Kier alpha value is -1.21. The zero-order chi connectivity index (χ0) is 15.7. The van der Waals surface area contributed by atoms with E-state index in [2.05, 4.69) is 4.98 Å². The van der Waals surface area contributed by atoms with Crippen LogP contribution in [-0.2, 0) is 15.9 Å². The summed E-state index contributed by atoms with van der Waals surface area (Å²) in [6.07, 6.45) is 5.05. The van der Waals surface area contributed by atoms with Crippen molar-refractivity contribution in [1.29, 1.82) is 0 Å². The average molecular weight is 291 g/mol. The number of pyridine rings is 1. The number of rotatable bonds is 4. The third kappa shape index (κ3) is 3.35. The van der Waals surface area contributed by atoms with Gasteiger partial charge in [0.1, 0.15) is 0 Å². The Morgan fingerprint density at radius 2 is 1.81 bits per heavy atom. The monoisotopic (exact) mass is 291 g/mol. The molecule has 0 radical (unpaired) electrons. The van der Waals surface area contributed by atoms with Crippen molar-refractivity contribution in [1.82, 2.24) is 4.98 Å². The van der Waals surface area contributed by atoms with Gasteiger partial charge in [-0.1, -0.05) is 6.08 Å². The van der Waals surface area contributed by atoms with Crippen LogP contribution in [0.5, 0.6) is 0 Å². The molecule has 1 aliphatic heterocycles. The van der Waals surface area contributed by atoms with E-state index in [1.165, 1.54) is 0 Å². The molecule has 6 heteroatoms. The fraction of sp³-hybridized carbons (Fsp3) is 0.533. The molecule has 1 aromatic heterocycles. The summed E-state index contributed by atoms with van der Waals surface area (Å²) in [6.45, 7) is 7.64. The molecule has 0 amide bonds. The predicted octanol–water partition coefficient (Wildman–Crippen LogP) is 1.58. The minimum Gasteiger partial charge on any atom is -0.400 e. The molecule has 1 aliphatic rings. The standard InChI is InChI=1S/C15H22BNO4/c1-14(2)15(3,4)21-16(20-14)13(10-19)6-11-5-12(9-18)8-17-7-11/h5-8,18-19H,9-10H2,1-4H3. The molecule has 5 nitrogen and oxygen atoms in total. The lowest BCUT2D eigenvalue weighted by atomic mass is 9.77.